The SMILES string of the molecule is c1ccc(-c2ccc3c(c2)c2c4c5ccccc5n(-c5ccccc5-c5cccc6c5c5ccccc5n6-c5ccccc5)c4ccc2n3-c2ccccc2)cc1. The van der Waals surface area contributed by atoms with E-state index in [1.54, 1.807) is 0 Å². The van der Waals surface area contributed by atoms with Crippen molar-refractivity contribution in [3.05, 3.63) is 212 Å². The molecule has 0 unspecified atom stereocenters. The van der Waals surface area contributed by atoms with Gasteiger partial charge in [0, 0.05) is 49.3 Å². The lowest BCUT2D eigenvalue weighted by Crippen LogP contribution is -1.98. The first-order chi connectivity index (χ1) is 28.3. The lowest BCUT2D eigenvalue weighted by molar-refractivity contribution is 1.17. The van der Waals surface area contributed by atoms with Crippen molar-refractivity contribution in [3.8, 4) is 39.3 Å². The quantitative estimate of drug-likeness (QED) is 0.168. The maximum absolute atomic E-state index is 2.50. The van der Waals surface area contributed by atoms with Crippen LogP contribution >= 0.6 is 0 Å². The van der Waals surface area contributed by atoms with Gasteiger partial charge in [0.1, 0.15) is 0 Å². The Morgan fingerprint density at radius 3 is 1.40 bits per heavy atom. The summed E-state index contributed by atoms with van der Waals surface area (Å²) in [5, 5.41) is 7.52. The second-order valence-corrected chi connectivity index (χ2v) is 14.9. The van der Waals surface area contributed by atoms with E-state index < -0.39 is 0 Å². The molecule has 9 aromatic carbocycles. The Balaban J connectivity index is 1.19. The van der Waals surface area contributed by atoms with Gasteiger partial charge in [-0.15, -0.1) is 0 Å². The van der Waals surface area contributed by atoms with E-state index in [4.69, 9.17) is 0 Å². The van der Waals surface area contributed by atoms with Gasteiger partial charge in [0.05, 0.1) is 38.8 Å². The van der Waals surface area contributed by atoms with Gasteiger partial charge in [0.2, 0.25) is 0 Å². The number of rotatable bonds is 5. The minimum absolute atomic E-state index is 1.15. The first kappa shape index (κ1) is 31.7. The first-order valence-electron chi connectivity index (χ1n) is 19.6. The molecule has 0 bridgehead atoms. The van der Waals surface area contributed by atoms with Crippen LogP contribution in [0.5, 0.6) is 0 Å². The normalized spacial score (nSPS) is 11.9. The van der Waals surface area contributed by atoms with Gasteiger partial charge in [0.25, 0.3) is 0 Å². The summed E-state index contributed by atoms with van der Waals surface area (Å²) in [4.78, 5) is 0. The van der Waals surface area contributed by atoms with Crippen LogP contribution < -0.4 is 0 Å². The maximum Gasteiger partial charge on any atom is 0.0549 e. The molecule has 0 saturated carbocycles. The molecule has 3 aromatic heterocycles. The molecule has 0 fully saturated rings. The van der Waals surface area contributed by atoms with Crippen molar-refractivity contribution >= 4 is 65.4 Å². The molecule has 0 radical (unpaired) electrons. The Labute approximate surface area is 329 Å². The Bertz CT molecular complexity index is 3500. The van der Waals surface area contributed by atoms with Crippen LogP contribution in [0.1, 0.15) is 0 Å². The lowest BCUT2D eigenvalue weighted by Gasteiger charge is -2.15. The summed E-state index contributed by atoms with van der Waals surface area (Å²) in [7, 11) is 0. The molecule has 0 saturated heterocycles. The third-order valence-electron chi connectivity index (χ3n) is 11.8. The number of fused-ring (bicyclic) bond motifs is 10. The molecular weight excluding hydrogens is 691 g/mol. The minimum Gasteiger partial charge on any atom is -0.309 e. The Morgan fingerprint density at radius 2 is 0.702 bits per heavy atom. The monoisotopic (exact) mass is 725 g/mol. The van der Waals surface area contributed by atoms with Crippen molar-refractivity contribution in [2.75, 3.05) is 0 Å². The minimum atomic E-state index is 1.15. The van der Waals surface area contributed by atoms with E-state index >= 15 is 0 Å². The van der Waals surface area contributed by atoms with Crippen LogP contribution in [-0.4, -0.2) is 13.7 Å². The molecule has 3 nitrogen and oxygen atoms in total. The molecule has 57 heavy (non-hydrogen) atoms. The Morgan fingerprint density at radius 1 is 0.246 bits per heavy atom. The summed E-state index contributed by atoms with van der Waals surface area (Å²) in [6.45, 7) is 0. The summed E-state index contributed by atoms with van der Waals surface area (Å²) in [6, 6.07) is 77.3. The van der Waals surface area contributed by atoms with E-state index in [1.807, 2.05) is 0 Å². The molecule has 3 heterocycles. The van der Waals surface area contributed by atoms with Crippen LogP contribution in [0.3, 0.4) is 0 Å². The molecule has 3 heteroatoms. The van der Waals surface area contributed by atoms with Crippen LogP contribution in [0.4, 0.5) is 0 Å². The molecule has 12 aromatic rings. The number of hydrogen-bond donors (Lipinski definition) is 0. The predicted molar refractivity (Wildman–Crippen MR) is 240 cm³/mol. The Hall–Kier alpha value is -7.62. The predicted octanol–water partition coefficient (Wildman–Crippen LogP) is 14.3. The van der Waals surface area contributed by atoms with Crippen molar-refractivity contribution in [1.29, 1.82) is 0 Å². The van der Waals surface area contributed by atoms with Gasteiger partial charge in [0.15, 0.2) is 0 Å². The summed E-state index contributed by atoms with van der Waals surface area (Å²) < 4.78 is 7.34. The third-order valence-corrected chi connectivity index (χ3v) is 11.8. The second kappa shape index (κ2) is 12.5. The molecule has 0 atom stereocenters. The molecule has 0 aliphatic rings. The van der Waals surface area contributed by atoms with Crippen LogP contribution in [0.25, 0.3) is 105 Å². The standard InChI is InChI=1S/C54H35N3/c1-4-17-36(18-5-1)37-31-32-48-44(35-37)54-50(56(48)39-21-8-3-9-22-39)33-34-51-53(54)43-25-12-15-29-47(43)57(51)45-27-13-10-23-40(45)41-26-16-30-49-52(41)42-24-11-14-28-46(42)55(49)38-19-6-2-7-20-38/h1-35H. The van der Waals surface area contributed by atoms with Crippen molar-refractivity contribution in [1.82, 2.24) is 13.7 Å². The van der Waals surface area contributed by atoms with E-state index in [0.29, 0.717) is 0 Å². The summed E-state index contributed by atoms with van der Waals surface area (Å²) in [5.41, 5.74) is 15.5. The molecule has 0 spiro atoms. The van der Waals surface area contributed by atoms with Gasteiger partial charge in [-0.3, -0.25) is 0 Å². The highest BCUT2D eigenvalue weighted by molar-refractivity contribution is 6.29. The third kappa shape index (κ3) is 4.66. The highest BCUT2D eigenvalue weighted by Gasteiger charge is 2.23. The number of benzene rings is 9. The molecule has 12 rings (SSSR count). The molecular formula is C54H35N3. The zero-order valence-corrected chi connectivity index (χ0v) is 31.0. The fraction of sp³-hybridized carbons (Fsp3) is 0. The molecule has 0 N–H and O–H groups in total. The number of aromatic nitrogens is 3. The van der Waals surface area contributed by atoms with Crippen molar-refractivity contribution in [2.45, 2.75) is 0 Å². The number of para-hydroxylation sites is 5. The largest absolute Gasteiger partial charge is 0.309 e. The first-order valence-corrected chi connectivity index (χ1v) is 19.6. The van der Waals surface area contributed by atoms with Crippen molar-refractivity contribution in [2.24, 2.45) is 0 Å². The van der Waals surface area contributed by atoms with E-state index in [2.05, 4.69) is 226 Å². The van der Waals surface area contributed by atoms with Gasteiger partial charge in [-0.05, 0) is 89.5 Å². The summed E-state index contributed by atoms with van der Waals surface area (Å²) in [5.74, 6) is 0. The summed E-state index contributed by atoms with van der Waals surface area (Å²) >= 11 is 0. The zero-order valence-electron chi connectivity index (χ0n) is 31.0. The highest BCUT2D eigenvalue weighted by atomic mass is 15.0. The molecule has 0 amide bonds. The molecule has 0 aliphatic carbocycles. The van der Waals surface area contributed by atoms with Crippen molar-refractivity contribution < 1.29 is 0 Å². The lowest BCUT2D eigenvalue weighted by atomic mass is 9.97. The molecule has 0 aliphatic heterocycles. The second-order valence-electron chi connectivity index (χ2n) is 14.9. The fourth-order valence-electron chi connectivity index (χ4n) is 9.49. The van der Waals surface area contributed by atoms with Gasteiger partial charge in [-0.2, -0.15) is 0 Å². The van der Waals surface area contributed by atoms with Crippen LogP contribution in [-0.2, 0) is 0 Å². The van der Waals surface area contributed by atoms with Crippen LogP contribution in [0, 0.1) is 0 Å². The Kier molecular flexibility index (Phi) is 6.93. The smallest absolute Gasteiger partial charge is 0.0549 e. The van der Waals surface area contributed by atoms with E-state index in [1.165, 1.54) is 87.7 Å². The van der Waals surface area contributed by atoms with Crippen LogP contribution in [0.15, 0.2) is 212 Å². The van der Waals surface area contributed by atoms with Gasteiger partial charge >= 0.3 is 0 Å². The van der Waals surface area contributed by atoms with Crippen LogP contribution in [0.2, 0.25) is 0 Å². The maximum atomic E-state index is 2.50. The fourth-order valence-corrected chi connectivity index (χ4v) is 9.49. The number of nitrogens with zero attached hydrogens (tertiary/aromatic N) is 3. The highest BCUT2D eigenvalue weighted by Crippen LogP contribution is 2.46. The number of hydrogen-bond acceptors (Lipinski definition) is 0. The topological polar surface area (TPSA) is 14.8 Å². The van der Waals surface area contributed by atoms with Gasteiger partial charge in [-0.1, -0.05) is 140 Å². The average Bonchev–Trinajstić information content (AvgIpc) is 3.93. The van der Waals surface area contributed by atoms with Crippen molar-refractivity contribution in [3.63, 3.8) is 0 Å². The van der Waals surface area contributed by atoms with E-state index in [-0.39, 0.29) is 0 Å². The zero-order chi connectivity index (χ0) is 37.5. The van der Waals surface area contributed by atoms with Gasteiger partial charge < -0.3 is 13.7 Å². The molecule has 266 valence electrons. The van der Waals surface area contributed by atoms with E-state index in [9.17, 15) is 0 Å². The van der Waals surface area contributed by atoms with E-state index in [0.717, 1.165) is 17.1 Å². The summed E-state index contributed by atoms with van der Waals surface area (Å²) in [6.07, 6.45) is 0. The van der Waals surface area contributed by atoms with Gasteiger partial charge in [-0.25, -0.2) is 0 Å². The average molecular weight is 726 g/mol.